The number of amides is 2. The first-order chi connectivity index (χ1) is 16.5. The predicted molar refractivity (Wildman–Crippen MR) is 135 cm³/mol. The summed E-state index contributed by atoms with van der Waals surface area (Å²) in [5.74, 6) is -0.323. The Morgan fingerprint density at radius 1 is 1.03 bits per heavy atom. The highest BCUT2D eigenvalue weighted by Gasteiger charge is 2.34. The first kappa shape index (κ1) is 22.7. The standard InChI is InChI=1S/C27H30N4O2S/c1-18-7-9-20(10-8-18)25(32)30-27-29-24-22(11-12-23(24)34-27)26(33)28-21-13-15-31(16-14-21)17-19-5-3-2-4-6-19/h2-10,21-22H,11-17H2,1H3,(H,28,33)(H,29,30,32)/t22-/m0/s1. The first-order valence-electron chi connectivity index (χ1n) is 12.0. The molecule has 5 rings (SSSR count). The number of thiazole rings is 1. The Labute approximate surface area is 204 Å². The number of nitrogens with one attached hydrogen (secondary N) is 2. The van der Waals surface area contributed by atoms with Crippen LogP contribution in [-0.2, 0) is 17.8 Å². The highest BCUT2D eigenvalue weighted by molar-refractivity contribution is 7.16. The summed E-state index contributed by atoms with van der Waals surface area (Å²) in [6, 6.07) is 18.2. The molecule has 1 fully saturated rings. The third kappa shape index (κ3) is 5.21. The molecule has 2 N–H and O–H groups in total. The van der Waals surface area contributed by atoms with Crippen molar-refractivity contribution >= 4 is 28.3 Å². The molecule has 2 heterocycles. The normalized spacial score (nSPS) is 18.4. The molecule has 1 aliphatic heterocycles. The van der Waals surface area contributed by atoms with Crippen molar-refractivity contribution in [2.45, 2.75) is 51.1 Å². The van der Waals surface area contributed by atoms with Gasteiger partial charge in [0.15, 0.2) is 5.13 Å². The number of likely N-dealkylation sites (tertiary alicyclic amines) is 1. The van der Waals surface area contributed by atoms with Crippen LogP contribution >= 0.6 is 11.3 Å². The fourth-order valence-electron chi connectivity index (χ4n) is 4.79. The van der Waals surface area contributed by atoms with Crippen LogP contribution in [0, 0.1) is 6.92 Å². The zero-order valence-electron chi connectivity index (χ0n) is 19.4. The van der Waals surface area contributed by atoms with Gasteiger partial charge in [-0.3, -0.25) is 19.8 Å². The number of piperidine rings is 1. The van der Waals surface area contributed by atoms with E-state index < -0.39 is 0 Å². The number of carbonyl (C=O) groups is 2. The number of hydrogen-bond donors (Lipinski definition) is 2. The Morgan fingerprint density at radius 2 is 1.76 bits per heavy atom. The van der Waals surface area contributed by atoms with Crippen molar-refractivity contribution in [2.75, 3.05) is 18.4 Å². The van der Waals surface area contributed by atoms with Crippen LogP contribution in [0.3, 0.4) is 0 Å². The molecule has 1 atom stereocenters. The summed E-state index contributed by atoms with van der Waals surface area (Å²) in [4.78, 5) is 33.8. The van der Waals surface area contributed by atoms with Gasteiger partial charge in [0.05, 0.1) is 11.6 Å². The minimum atomic E-state index is -0.223. The molecule has 1 saturated heterocycles. The molecule has 0 spiro atoms. The second-order valence-electron chi connectivity index (χ2n) is 9.28. The van der Waals surface area contributed by atoms with E-state index in [1.54, 1.807) is 0 Å². The summed E-state index contributed by atoms with van der Waals surface area (Å²) in [5, 5.41) is 6.75. The van der Waals surface area contributed by atoms with Crippen LogP contribution in [0.1, 0.15) is 57.2 Å². The van der Waals surface area contributed by atoms with Gasteiger partial charge in [-0.1, -0.05) is 48.0 Å². The van der Waals surface area contributed by atoms with E-state index in [1.807, 2.05) is 37.3 Å². The zero-order chi connectivity index (χ0) is 23.5. The molecule has 176 valence electrons. The van der Waals surface area contributed by atoms with E-state index in [9.17, 15) is 9.59 Å². The lowest BCUT2D eigenvalue weighted by Crippen LogP contribution is -2.45. The molecule has 0 bridgehead atoms. The number of fused-ring (bicyclic) bond motifs is 1. The van der Waals surface area contributed by atoms with E-state index in [-0.39, 0.29) is 23.8 Å². The van der Waals surface area contributed by atoms with E-state index in [2.05, 4.69) is 44.8 Å². The molecule has 2 aliphatic rings. The fraction of sp³-hybridized carbons (Fsp3) is 0.370. The maximum Gasteiger partial charge on any atom is 0.257 e. The van der Waals surface area contributed by atoms with Gasteiger partial charge in [0.2, 0.25) is 5.91 Å². The number of anilines is 1. The second-order valence-corrected chi connectivity index (χ2v) is 10.4. The summed E-state index contributed by atoms with van der Waals surface area (Å²) in [5.41, 5.74) is 3.88. The van der Waals surface area contributed by atoms with Crippen LogP contribution in [0.15, 0.2) is 54.6 Å². The highest BCUT2D eigenvalue weighted by atomic mass is 32.1. The Hall–Kier alpha value is -3.03. The molecule has 34 heavy (non-hydrogen) atoms. The summed E-state index contributed by atoms with van der Waals surface area (Å²) in [6.45, 7) is 4.93. The van der Waals surface area contributed by atoms with Gasteiger partial charge in [-0.2, -0.15) is 0 Å². The lowest BCUT2D eigenvalue weighted by Gasteiger charge is -2.32. The summed E-state index contributed by atoms with van der Waals surface area (Å²) < 4.78 is 0. The largest absolute Gasteiger partial charge is 0.353 e. The van der Waals surface area contributed by atoms with E-state index in [1.165, 1.54) is 16.9 Å². The average Bonchev–Trinajstić information content (AvgIpc) is 3.41. The molecule has 0 radical (unpaired) electrons. The number of aryl methyl sites for hydroxylation is 2. The average molecular weight is 475 g/mol. The van der Waals surface area contributed by atoms with Gasteiger partial charge < -0.3 is 5.32 Å². The van der Waals surface area contributed by atoms with Crippen molar-refractivity contribution in [3.63, 3.8) is 0 Å². The summed E-state index contributed by atoms with van der Waals surface area (Å²) in [7, 11) is 0. The van der Waals surface area contributed by atoms with Gasteiger partial charge in [-0.25, -0.2) is 4.98 Å². The monoisotopic (exact) mass is 474 g/mol. The van der Waals surface area contributed by atoms with Gasteiger partial charge in [-0.15, -0.1) is 11.3 Å². The van der Waals surface area contributed by atoms with Crippen LogP contribution in [0.4, 0.5) is 5.13 Å². The van der Waals surface area contributed by atoms with Crippen LogP contribution in [0.2, 0.25) is 0 Å². The van der Waals surface area contributed by atoms with Gasteiger partial charge in [0.25, 0.3) is 5.91 Å². The van der Waals surface area contributed by atoms with Crippen molar-refractivity contribution in [2.24, 2.45) is 0 Å². The summed E-state index contributed by atoms with van der Waals surface area (Å²) >= 11 is 1.49. The Balaban J connectivity index is 1.14. The number of carbonyl (C=O) groups excluding carboxylic acids is 2. The number of rotatable bonds is 6. The van der Waals surface area contributed by atoms with Gasteiger partial charge in [0.1, 0.15) is 0 Å². The number of nitrogens with zero attached hydrogens (tertiary/aromatic N) is 2. The van der Waals surface area contributed by atoms with Crippen molar-refractivity contribution in [3.05, 3.63) is 81.9 Å². The molecular formula is C27H30N4O2S. The number of aromatic nitrogens is 1. The van der Waals surface area contributed by atoms with E-state index in [4.69, 9.17) is 0 Å². The quantitative estimate of drug-likeness (QED) is 0.551. The lowest BCUT2D eigenvalue weighted by molar-refractivity contribution is -0.123. The van der Waals surface area contributed by atoms with Crippen molar-refractivity contribution < 1.29 is 9.59 Å². The van der Waals surface area contributed by atoms with Crippen LogP contribution < -0.4 is 10.6 Å². The Bertz CT molecular complexity index is 1150. The minimum Gasteiger partial charge on any atom is -0.353 e. The second kappa shape index (κ2) is 10.1. The van der Waals surface area contributed by atoms with Crippen molar-refractivity contribution in [3.8, 4) is 0 Å². The minimum absolute atomic E-state index is 0.0713. The molecule has 6 nitrogen and oxygen atoms in total. The lowest BCUT2D eigenvalue weighted by atomic mass is 10.0. The molecule has 2 aromatic carbocycles. The molecule has 7 heteroatoms. The molecular weight excluding hydrogens is 444 g/mol. The molecule has 0 saturated carbocycles. The SMILES string of the molecule is Cc1ccc(C(=O)Nc2nc3c(s2)CC[C@@H]3C(=O)NC2CCN(Cc3ccccc3)CC2)cc1. The predicted octanol–water partition coefficient (Wildman–Crippen LogP) is 4.51. The van der Waals surface area contributed by atoms with Crippen LogP contribution in [-0.4, -0.2) is 40.8 Å². The van der Waals surface area contributed by atoms with Crippen molar-refractivity contribution in [1.82, 2.24) is 15.2 Å². The van der Waals surface area contributed by atoms with Gasteiger partial charge >= 0.3 is 0 Å². The van der Waals surface area contributed by atoms with Crippen LogP contribution in [0.5, 0.6) is 0 Å². The fourth-order valence-corrected chi connectivity index (χ4v) is 5.82. The maximum absolute atomic E-state index is 13.1. The number of benzene rings is 2. The van der Waals surface area contributed by atoms with Crippen LogP contribution in [0.25, 0.3) is 0 Å². The molecule has 1 aromatic heterocycles. The third-order valence-corrected chi connectivity index (χ3v) is 7.80. The van der Waals surface area contributed by atoms with Gasteiger partial charge in [-0.05, 0) is 50.3 Å². The molecule has 1 aliphatic carbocycles. The van der Waals surface area contributed by atoms with E-state index in [0.29, 0.717) is 10.7 Å². The molecule has 2 amide bonds. The first-order valence-corrected chi connectivity index (χ1v) is 12.8. The smallest absolute Gasteiger partial charge is 0.257 e. The topological polar surface area (TPSA) is 74.3 Å². The zero-order valence-corrected chi connectivity index (χ0v) is 20.2. The Kier molecular flexibility index (Phi) is 6.74. The van der Waals surface area contributed by atoms with Crippen molar-refractivity contribution in [1.29, 1.82) is 0 Å². The van der Waals surface area contributed by atoms with E-state index >= 15 is 0 Å². The Morgan fingerprint density at radius 3 is 2.50 bits per heavy atom. The molecule has 0 unspecified atom stereocenters. The third-order valence-electron chi connectivity index (χ3n) is 6.75. The van der Waals surface area contributed by atoms with Gasteiger partial charge in [0, 0.05) is 36.1 Å². The highest BCUT2D eigenvalue weighted by Crippen LogP contribution is 2.38. The van der Waals surface area contributed by atoms with E-state index in [0.717, 1.165) is 61.5 Å². The molecule has 3 aromatic rings. The maximum atomic E-state index is 13.1. The summed E-state index contributed by atoms with van der Waals surface area (Å²) in [6.07, 6.45) is 3.56. The number of hydrogen-bond acceptors (Lipinski definition) is 5.